The molecule has 1 aliphatic carbocycles. The van der Waals surface area contributed by atoms with E-state index in [1.807, 2.05) is 0 Å². The number of nitriles is 1. The zero-order valence-corrected chi connectivity index (χ0v) is 15.9. The largest absolute Gasteiger partial charge is 0.494 e. The van der Waals surface area contributed by atoms with Crippen molar-refractivity contribution < 1.29 is 14.1 Å². The molecule has 0 bridgehead atoms. The van der Waals surface area contributed by atoms with E-state index in [0.29, 0.717) is 17.2 Å². The molecule has 1 fully saturated rings. The molecule has 4 N–H and O–H groups in total. The van der Waals surface area contributed by atoms with Crippen molar-refractivity contribution in [3.05, 3.63) is 34.7 Å². The van der Waals surface area contributed by atoms with Crippen LogP contribution in [-0.2, 0) is 11.3 Å². The van der Waals surface area contributed by atoms with Crippen LogP contribution in [0.2, 0.25) is 5.02 Å². The molecule has 1 aromatic carbocycles. The van der Waals surface area contributed by atoms with Crippen LogP contribution in [0.3, 0.4) is 0 Å². The molecule has 0 unspecified atom stereocenters. The molecule has 1 saturated carbocycles. The lowest BCUT2D eigenvalue weighted by molar-refractivity contribution is 0.275. The third-order valence-corrected chi connectivity index (χ3v) is 4.97. The van der Waals surface area contributed by atoms with Crippen LogP contribution in [0.5, 0.6) is 0 Å². The van der Waals surface area contributed by atoms with Crippen molar-refractivity contribution in [3.8, 4) is 6.07 Å². The van der Waals surface area contributed by atoms with Gasteiger partial charge in [-0.25, -0.2) is 9.37 Å². The lowest BCUT2D eigenvalue weighted by Gasteiger charge is -2.13. The zero-order chi connectivity index (χ0) is 20.1. The molecule has 0 spiro atoms. The number of rotatable bonds is 2. The highest BCUT2D eigenvalue weighted by atomic mass is 35.5. The Kier molecular flexibility index (Phi) is 6.67. The minimum atomic E-state index is -1.22. The minimum absolute atomic E-state index is 0.129. The fourth-order valence-corrected chi connectivity index (χ4v) is 3.29. The predicted molar refractivity (Wildman–Crippen MR) is 106 cm³/mol. The molecule has 0 atom stereocenters. The van der Waals surface area contributed by atoms with E-state index in [1.54, 1.807) is 6.07 Å². The molecular weight excluding hydrogens is 383 g/mol. The SMILES string of the molecule is N#CC1CCCCC1.Nc1nc(Nc2cc(F)c3c(c2)COB3O)ncc1Cl. The van der Waals surface area contributed by atoms with E-state index in [0.717, 1.165) is 12.8 Å². The molecule has 10 heteroatoms. The van der Waals surface area contributed by atoms with Gasteiger partial charge in [-0.05, 0) is 30.5 Å². The van der Waals surface area contributed by atoms with Crippen molar-refractivity contribution in [1.29, 1.82) is 5.26 Å². The van der Waals surface area contributed by atoms with E-state index < -0.39 is 12.9 Å². The van der Waals surface area contributed by atoms with Crippen LogP contribution >= 0.6 is 11.6 Å². The van der Waals surface area contributed by atoms with Crippen molar-refractivity contribution in [2.24, 2.45) is 5.92 Å². The summed E-state index contributed by atoms with van der Waals surface area (Å²) in [6.45, 7) is 0.145. The molecule has 2 aliphatic rings. The summed E-state index contributed by atoms with van der Waals surface area (Å²) in [6.07, 6.45) is 7.55. The molecule has 146 valence electrons. The van der Waals surface area contributed by atoms with Gasteiger partial charge < -0.3 is 20.7 Å². The summed E-state index contributed by atoms with van der Waals surface area (Å²) in [4.78, 5) is 7.86. The van der Waals surface area contributed by atoms with E-state index in [1.165, 1.54) is 31.5 Å². The summed E-state index contributed by atoms with van der Waals surface area (Å²) in [5.41, 5.74) is 6.72. The Balaban J connectivity index is 0.000000236. The van der Waals surface area contributed by atoms with Crippen LogP contribution in [0.25, 0.3) is 0 Å². The first kappa shape index (κ1) is 20.3. The Hall–Kier alpha value is -2.41. The molecule has 2 aromatic rings. The fraction of sp³-hybridized carbons (Fsp3) is 0.389. The summed E-state index contributed by atoms with van der Waals surface area (Å²) in [5.74, 6) is 0.163. The maximum Gasteiger partial charge on any atom is 0.494 e. The third kappa shape index (κ3) is 4.90. The number of hydrogen-bond donors (Lipinski definition) is 3. The fourth-order valence-electron chi connectivity index (χ4n) is 3.20. The molecule has 1 aliphatic heterocycles. The van der Waals surface area contributed by atoms with Gasteiger partial charge in [0.2, 0.25) is 5.95 Å². The number of nitrogens with zero attached hydrogens (tertiary/aromatic N) is 3. The lowest BCUT2D eigenvalue weighted by atomic mass is 9.79. The molecule has 28 heavy (non-hydrogen) atoms. The number of fused-ring (bicyclic) bond motifs is 1. The van der Waals surface area contributed by atoms with Crippen molar-refractivity contribution in [1.82, 2.24) is 9.97 Å². The van der Waals surface area contributed by atoms with Gasteiger partial charge in [0.05, 0.1) is 18.9 Å². The second-order valence-corrected chi connectivity index (χ2v) is 7.12. The first-order valence-electron chi connectivity index (χ1n) is 9.04. The predicted octanol–water partition coefficient (Wildman–Crippen LogP) is 2.90. The molecule has 2 heterocycles. The normalized spacial score (nSPS) is 16.0. The minimum Gasteiger partial charge on any atom is -0.423 e. The van der Waals surface area contributed by atoms with Gasteiger partial charge in [-0.3, -0.25) is 0 Å². The number of nitrogens with one attached hydrogen (secondary N) is 1. The molecule has 0 saturated heterocycles. The molecule has 0 amide bonds. The standard InChI is InChI=1S/C11H9BClFN4O2.C7H11N/c13-7-3-16-11(18-10(7)15)17-6-1-5-4-20-12(19)9(5)8(14)2-6;8-6-7-4-2-1-3-5-7/h1-3,19H,4H2,(H3,15,16,17,18);7H,1-5H2. The Morgan fingerprint density at radius 1 is 1.36 bits per heavy atom. The summed E-state index contributed by atoms with van der Waals surface area (Å²) in [6, 6.07) is 5.19. The van der Waals surface area contributed by atoms with Crippen molar-refractivity contribution in [3.63, 3.8) is 0 Å². The smallest absolute Gasteiger partial charge is 0.423 e. The van der Waals surface area contributed by atoms with Gasteiger partial charge >= 0.3 is 7.12 Å². The number of hydrogen-bond acceptors (Lipinski definition) is 7. The summed E-state index contributed by atoms with van der Waals surface area (Å²) < 4.78 is 18.8. The van der Waals surface area contributed by atoms with E-state index in [-0.39, 0.29) is 28.9 Å². The average molecular weight is 404 g/mol. The number of benzene rings is 1. The highest BCUT2D eigenvalue weighted by molar-refractivity contribution is 6.61. The van der Waals surface area contributed by atoms with Crippen molar-refractivity contribution in [2.45, 2.75) is 38.7 Å². The van der Waals surface area contributed by atoms with Crippen LogP contribution in [0.15, 0.2) is 18.3 Å². The summed E-state index contributed by atoms with van der Waals surface area (Å²) in [5, 5.41) is 21.0. The van der Waals surface area contributed by atoms with Gasteiger partial charge in [-0.15, -0.1) is 0 Å². The van der Waals surface area contributed by atoms with Gasteiger partial charge in [-0.1, -0.05) is 30.9 Å². The number of nitrogens with two attached hydrogens (primary N) is 1. The molecule has 1 aromatic heterocycles. The molecule has 7 nitrogen and oxygen atoms in total. The van der Waals surface area contributed by atoms with E-state index in [9.17, 15) is 9.41 Å². The van der Waals surface area contributed by atoms with E-state index in [2.05, 4.69) is 21.4 Å². The Morgan fingerprint density at radius 3 is 2.75 bits per heavy atom. The highest BCUT2D eigenvalue weighted by Gasteiger charge is 2.31. The topological polar surface area (TPSA) is 117 Å². The summed E-state index contributed by atoms with van der Waals surface area (Å²) in [7, 11) is -1.22. The van der Waals surface area contributed by atoms with Gasteiger partial charge in [0.1, 0.15) is 16.7 Å². The number of nitrogen functional groups attached to an aromatic ring is 1. The first-order valence-corrected chi connectivity index (χ1v) is 9.42. The van der Waals surface area contributed by atoms with E-state index >= 15 is 0 Å². The zero-order valence-electron chi connectivity index (χ0n) is 15.2. The Labute approximate surface area is 167 Å². The maximum atomic E-state index is 13.9. The highest BCUT2D eigenvalue weighted by Crippen LogP contribution is 2.23. The third-order valence-electron chi connectivity index (χ3n) is 4.67. The maximum absolute atomic E-state index is 13.9. The van der Waals surface area contributed by atoms with Crippen LogP contribution in [0.4, 0.5) is 21.8 Å². The molecule has 0 radical (unpaired) electrons. The quantitative estimate of drug-likeness (QED) is 0.660. The van der Waals surface area contributed by atoms with Gasteiger partial charge in [0, 0.05) is 17.1 Å². The Morgan fingerprint density at radius 2 is 2.11 bits per heavy atom. The monoisotopic (exact) mass is 403 g/mol. The van der Waals surface area contributed by atoms with Gasteiger partial charge in [0.15, 0.2) is 0 Å². The van der Waals surface area contributed by atoms with Crippen molar-refractivity contribution in [2.75, 3.05) is 11.1 Å². The Bertz CT molecular complexity index is 889. The van der Waals surface area contributed by atoms with Crippen LogP contribution in [0.1, 0.15) is 37.7 Å². The molecular formula is C18H20BClFN5O2. The number of anilines is 3. The van der Waals surface area contributed by atoms with Crippen LogP contribution < -0.4 is 16.5 Å². The number of aromatic nitrogens is 2. The van der Waals surface area contributed by atoms with Crippen LogP contribution in [-0.4, -0.2) is 22.1 Å². The number of halogens is 2. The van der Waals surface area contributed by atoms with Gasteiger partial charge in [0.25, 0.3) is 0 Å². The summed E-state index contributed by atoms with van der Waals surface area (Å²) >= 11 is 5.72. The van der Waals surface area contributed by atoms with E-state index in [4.69, 9.17) is 27.3 Å². The second-order valence-electron chi connectivity index (χ2n) is 6.71. The lowest BCUT2D eigenvalue weighted by Crippen LogP contribution is -2.31. The molecule has 4 rings (SSSR count). The first-order chi connectivity index (χ1) is 13.5. The van der Waals surface area contributed by atoms with Gasteiger partial charge in [-0.2, -0.15) is 10.2 Å². The average Bonchev–Trinajstić information content (AvgIpc) is 3.07. The van der Waals surface area contributed by atoms with Crippen molar-refractivity contribution >= 4 is 41.6 Å². The van der Waals surface area contributed by atoms with Crippen LogP contribution in [0, 0.1) is 23.1 Å². The second kappa shape index (κ2) is 9.19.